The number of hydrogen-bond acceptors (Lipinski definition) is 3. The first-order valence-electron chi connectivity index (χ1n) is 5.98. The molecule has 0 fully saturated rings. The average Bonchev–Trinajstić information content (AvgIpc) is 2.46. The summed E-state index contributed by atoms with van der Waals surface area (Å²) in [6, 6.07) is 13.4. The lowest BCUT2D eigenvalue weighted by Crippen LogP contribution is -1.89. The summed E-state index contributed by atoms with van der Waals surface area (Å²) in [5.41, 5.74) is 8.47. The van der Waals surface area contributed by atoms with E-state index in [1.807, 2.05) is 54.6 Å². The van der Waals surface area contributed by atoms with E-state index in [-0.39, 0.29) is 0 Å². The number of rotatable bonds is 4. The van der Waals surface area contributed by atoms with E-state index >= 15 is 0 Å². The second kappa shape index (κ2) is 5.96. The maximum absolute atomic E-state index is 5.66. The molecule has 3 nitrogen and oxygen atoms in total. The minimum atomic E-state index is 0.760. The standard InChI is InChI=1S/C16H17NO2/c1-18-15-9-10-16(19-2)13(11-15)6-3-12-4-7-14(17)8-5-12/h3-11H,17H2,1-2H3. The van der Waals surface area contributed by atoms with Gasteiger partial charge in [0.1, 0.15) is 11.5 Å². The third kappa shape index (κ3) is 3.28. The summed E-state index contributed by atoms with van der Waals surface area (Å²) in [6.45, 7) is 0. The van der Waals surface area contributed by atoms with Gasteiger partial charge in [0.2, 0.25) is 0 Å². The highest BCUT2D eigenvalue weighted by Crippen LogP contribution is 2.25. The molecule has 2 aromatic rings. The second-order valence-corrected chi connectivity index (χ2v) is 4.11. The van der Waals surface area contributed by atoms with Gasteiger partial charge in [0.25, 0.3) is 0 Å². The van der Waals surface area contributed by atoms with Gasteiger partial charge in [-0.05, 0) is 35.9 Å². The van der Waals surface area contributed by atoms with E-state index in [2.05, 4.69) is 0 Å². The third-order valence-corrected chi connectivity index (χ3v) is 2.83. The molecule has 0 spiro atoms. The van der Waals surface area contributed by atoms with Crippen molar-refractivity contribution >= 4 is 17.8 Å². The van der Waals surface area contributed by atoms with E-state index in [0.717, 1.165) is 28.3 Å². The predicted octanol–water partition coefficient (Wildman–Crippen LogP) is 3.46. The van der Waals surface area contributed by atoms with Crippen LogP contribution < -0.4 is 15.2 Å². The molecule has 0 atom stereocenters. The second-order valence-electron chi connectivity index (χ2n) is 4.11. The fourth-order valence-corrected chi connectivity index (χ4v) is 1.76. The molecule has 0 radical (unpaired) electrons. The van der Waals surface area contributed by atoms with Crippen molar-refractivity contribution in [3.8, 4) is 11.5 Å². The van der Waals surface area contributed by atoms with Gasteiger partial charge in [-0.25, -0.2) is 0 Å². The molecule has 0 amide bonds. The Morgan fingerprint density at radius 2 is 1.63 bits per heavy atom. The lowest BCUT2D eigenvalue weighted by molar-refractivity contribution is 0.402. The number of nitrogen functional groups attached to an aromatic ring is 1. The molecule has 98 valence electrons. The molecule has 2 aromatic carbocycles. The third-order valence-electron chi connectivity index (χ3n) is 2.83. The van der Waals surface area contributed by atoms with E-state index < -0.39 is 0 Å². The molecule has 0 aliphatic heterocycles. The molecular weight excluding hydrogens is 238 g/mol. The molecule has 2 rings (SSSR count). The summed E-state index contributed by atoms with van der Waals surface area (Å²) in [5.74, 6) is 1.62. The van der Waals surface area contributed by atoms with Gasteiger partial charge >= 0.3 is 0 Å². The molecule has 3 heteroatoms. The molecule has 0 heterocycles. The van der Waals surface area contributed by atoms with Gasteiger partial charge < -0.3 is 15.2 Å². The molecule has 0 unspecified atom stereocenters. The molecule has 19 heavy (non-hydrogen) atoms. The Bertz CT molecular complexity index is 574. The maximum atomic E-state index is 5.66. The number of nitrogens with two attached hydrogens (primary N) is 1. The Balaban J connectivity index is 2.28. The summed E-state index contributed by atoms with van der Waals surface area (Å²) in [6.07, 6.45) is 4.00. The lowest BCUT2D eigenvalue weighted by Gasteiger charge is -2.07. The number of benzene rings is 2. The zero-order chi connectivity index (χ0) is 13.7. The van der Waals surface area contributed by atoms with Gasteiger partial charge in [-0.2, -0.15) is 0 Å². The van der Waals surface area contributed by atoms with Gasteiger partial charge in [-0.1, -0.05) is 24.3 Å². The van der Waals surface area contributed by atoms with Crippen LogP contribution in [0.5, 0.6) is 11.5 Å². The fraction of sp³-hybridized carbons (Fsp3) is 0.125. The van der Waals surface area contributed by atoms with Gasteiger partial charge in [-0.15, -0.1) is 0 Å². The van der Waals surface area contributed by atoms with E-state index in [4.69, 9.17) is 15.2 Å². The average molecular weight is 255 g/mol. The van der Waals surface area contributed by atoms with Crippen LogP contribution in [-0.4, -0.2) is 14.2 Å². The number of anilines is 1. The Hall–Kier alpha value is -2.42. The van der Waals surface area contributed by atoms with Crippen molar-refractivity contribution in [2.45, 2.75) is 0 Å². The van der Waals surface area contributed by atoms with Crippen LogP contribution in [-0.2, 0) is 0 Å². The molecule has 0 aliphatic carbocycles. The minimum Gasteiger partial charge on any atom is -0.497 e. The first kappa shape index (κ1) is 13.0. The first-order valence-corrected chi connectivity index (χ1v) is 5.98. The predicted molar refractivity (Wildman–Crippen MR) is 79.3 cm³/mol. The van der Waals surface area contributed by atoms with Gasteiger partial charge in [0.15, 0.2) is 0 Å². The van der Waals surface area contributed by atoms with Crippen LogP contribution in [0.25, 0.3) is 12.2 Å². The fourth-order valence-electron chi connectivity index (χ4n) is 1.76. The van der Waals surface area contributed by atoms with Crippen molar-refractivity contribution in [1.29, 1.82) is 0 Å². The quantitative estimate of drug-likeness (QED) is 0.672. The van der Waals surface area contributed by atoms with E-state index in [1.165, 1.54) is 0 Å². The van der Waals surface area contributed by atoms with Crippen LogP contribution in [0.2, 0.25) is 0 Å². The number of ether oxygens (including phenoxy) is 2. The van der Waals surface area contributed by atoms with Gasteiger partial charge in [-0.3, -0.25) is 0 Å². The van der Waals surface area contributed by atoms with Crippen molar-refractivity contribution in [3.63, 3.8) is 0 Å². The molecule has 0 aromatic heterocycles. The highest BCUT2D eigenvalue weighted by molar-refractivity contribution is 5.73. The topological polar surface area (TPSA) is 44.5 Å². The largest absolute Gasteiger partial charge is 0.497 e. The van der Waals surface area contributed by atoms with Crippen LogP contribution in [0.3, 0.4) is 0 Å². The summed E-state index contributed by atoms with van der Waals surface area (Å²) in [5, 5.41) is 0. The summed E-state index contributed by atoms with van der Waals surface area (Å²) in [7, 11) is 3.30. The first-order chi connectivity index (χ1) is 9.22. The zero-order valence-corrected chi connectivity index (χ0v) is 11.1. The number of methoxy groups -OCH3 is 2. The Kier molecular flexibility index (Phi) is 4.08. The molecule has 0 aliphatic rings. The SMILES string of the molecule is COc1ccc(OC)c(C=Cc2ccc(N)cc2)c1. The Morgan fingerprint density at radius 3 is 2.26 bits per heavy atom. The highest BCUT2D eigenvalue weighted by atomic mass is 16.5. The Labute approximate surface area is 113 Å². The van der Waals surface area contributed by atoms with E-state index in [1.54, 1.807) is 14.2 Å². The highest BCUT2D eigenvalue weighted by Gasteiger charge is 2.01. The van der Waals surface area contributed by atoms with Crippen LogP contribution >= 0.6 is 0 Å². The van der Waals surface area contributed by atoms with Crippen molar-refractivity contribution in [3.05, 3.63) is 53.6 Å². The lowest BCUT2D eigenvalue weighted by atomic mass is 10.1. The van der Waals surface area contributed by atoms with Crippen molar-refractivity contribution in [1.82, 2.24) is 0 Å². The molecule has 2 N–H and O–H groups in total. The number of hydrogen-bond donors (Lipinski definition) is 1. The summed E-state index contributed by atoms with van der Waals surface area (Å²) in [4.78, 5) is 0. The van der Waals surface area contributed by atoms with Crippen LogP contribution in [0.1, 0.15) is 11.1 Å². The summed E-state index contributed by atoms with van der Waals surface area (Å²) >= 11 is 0. The minimum absolute atomic E-state index is 0.760. The monoisotopic (exact) mass is 255 g/mol. The zero-order valence-electron chi connectivity index (χ0n) is 11.1. The van der Waals surface area contributed by atoms with Crippen LogP contribution in [0, 0.1) is 0 Å². The van der Waals surface area contributed by atoms with Crippen molar-refractivity contribution in [2.75, 3.05) is 20.0 Å². The summed E-state index contributed by atoms with van der Waals surface area (Å²) < 4.78 is 10.5. The maximum Gasteiger partial charge on any atom is 0.126 e. The van der Waals surface area contributed by atoms with Crippen molar-refractivity contribution < 1.29 is 9.47 Å². The normalized spacial score (nSPS) is 10.6. The van der Waals surface area contributed by atoms with Crippen LogP contribution in [0.15, 0.2) is 42.5 Å². The molecular formula is C16H17NO2. The van der Waals surface area contributed by atoms with E-state index in [0.29, 0.717) is 0 Å². The smallest absolute Gasteiger partial charge is 0.126 e. The van der Waals surface area contributed by atoms with E-state index in [9.17, 15) is 0 Å². The van der Waals surface area contributed by atoms with Gasteiger partial charge in [0, 0.05) is 11.3 Å². The van der Waals surface area contributed by atoms with Gasteiger partial charge in [0.05, 0.1) is 14.2 Å². The van der Waals surface area contributed by atoms with Crippen molar-refractivity contribution in [2.24, 2.45) is 0 Å². The Morgan fingerprint density at radius 1 is 0.895 bits per heavy atom. The van der Waals surface area contributed by atoms with Crippen LogP contribution in [0.4, 0.5) is 5.69 Å². The molecule has 0 saturated heterocycles. The molecule has 0 saturated carbocycles. The molecule has 0 bridgehead atoms.